The average Bonchev–Trinajstić information content (AvgIpc) is 3.12. The molecule has 2 atom stereocenters. The number of ether oxygens (including phenoxy) is 2. The Balaban J connectivity index is 1.27. The SMILES string of the molecule is C[C@@H](CCc1ccccc1)NC(=O)N[C@@H]1CC(=O)N(c2ccc3c(c2)OCCO3)C1. The van der Waals surface area contributed by atoms with E-state index in [1.165, 1.54) is 5.56 Å². The third-order valence-electron chi connectivity index (χ3n) is 5.38. The molecule has 0 aliphatic carbocycles. The molecule has 0 unspecified atom stereocenters. The van der Waals surface area contributed by atoms with E-state index in [1.807, 2.05) is 43.3 Å². The first-order valence-corrected chi connectivity index (χ1v) is 10.4. The highest BCUT2D eigenvalue weighted by Gasteiger charge is 2.32. The van der Waals surface area contributed by atoms with Crippen molar-refractivity contribution in [1.82, 2.24) is 10.6 Å². The lowest BCUT2D eigenvalue weighted by atomic mass is 10.1. The maximum Gasteiger partial charge on any atom is 0.315 e. The Hall–Kier alpha value is -3.22. The Morgan fingerprint density at radius 3 is 2.70 bits per heavy atom. The number of rotatable bonds is 6. The molecule has 0 bridgehead atoms. The Labute approximate surface area is 176 Å². The van der Waals surface area contributed by atoms with E-state index in [9.17, 15) is 9.59 Å². The Morgan fingerprint density at radius 2 is 1.90 bits per heavy atom. The quantitative estimate of drug-likeness (QED) is 0.769. The van der Waals surface area contributed by atoms with Crippen LogP contribution in [0.5, 0.6) is 11.5 Å². The number of hydrogen-bond donors (Lipinski definition) is 2. The van der Waals surface area contributed by atoms with Crippen LogP contribution in [-0.2, 0) is 11.2 Å². The van der Waals surface area contributed by atoms with Crippen LogP contribution in [-0.4, -0.2) is 43.8 Å². The molecule has 0 spiro atoms. The summed E-state index contributed by atoms with van der Waals surface area (Å²) in [4.78, 5) is 26.6. The average molecular weight is 409 g/mol. The van der Waals surface area contributed by atoms with Gasteiger partial charge in [0.2, 0.25) is 5.91 Å². The molecule has 4 rings (SSSR count). The number of urea groups is 1. The minimum Gasteiger partial charge on any atom is -0.486 e. The van der Waals surface area contributed by atoms with Crippen molar-refractivity contribution in [2.45, 2.75) is 38.3 Å². The van der Waals surface area contributed by atoms with Gasteiger partial charge >= 0.3 is 6.03 Å². The number of carbonyl (C=O) groups is 2. The zero-order valence-electron chi connectivity index (χ0n) is 17.1. The van der Waals surface area contributed by atoms with Gasteiger partial charge in [0.15, 0.2) is 11.5 Å². The van der Waals surface area contributed by atoms with Crippen LogP contribution in [0.1, 0.15) is 25.3 Å². The van der Waals surface area contributed by atoms with Gasteiger partial charge in [-0.2, -0.15) is 0 Å². The molecule has 30 heavy (non-hydrogen) atoms. The van der Waals surface area contributed by atoms with Crippen molar-refractivity contribution in [3.63, 3.8) is 0 Å². The molecule has 0 radical (unpaired) electrons. The molecule has 7 heteroatoms. The predicted molar refractivity (Wildman–Crippen MR) is 114 cm³/mol. The first-order valence-electron chi connectivity index (χ1n) is 10.4. The lowest BCUT2D eigenvalue weighted by molar-refractivity contribution is -0.117. The van der Waals surface area contributed by atoms with Crippen molar-refractivity contribution in [3.05, 3.63) is 54.1 Å². The summed E-state index contributed by atoms with van der Waals surface area (Å²) in [6.45, 7) is 3.45. The summed E-state index contributed by atoms with van der Waals surface area (Å²) in [5, 5.41) is 5.90. The van der Waals surface area contributed by atoms with Crippen molar-refractivity contribution in [3.8, 4) is 11.5 Å². The van der Waals surface area contributed by atoms with Crippen LogP contribution in [0.3, 0.4) is 0 Å². The van der Waals surface area contributed by atoms with Gasteiger partial charge < -0.3 is 25.0 Å². The largest absolute Gasteiger partial charge is 0.486 e. The van der Waals surface area contributed by atoms with E-state index in [4.69, 9.17) is 9.47 Å². The summed E-state index contributed by atoms with van der Waals surface area (Å²) in [7, 11) is 0. The van der Waals surface area contributed by atoms with Gasteiger partial charge in [0.25, 0.3) is 0 Å². The number of anilines is 1. The van der Waals surface area contributed by atoms with Crippen molar-refractivity contribution in [2.24, 2.45) is 0 Å². The van der Waals surface area contributed by atoms with E-state index in [1.54, 1.807) is 4.90 Å². The van der Waals surface area contributed by atoms with E-state index in [0.29, 0.717) is 31.3 Å². The van der Waals surface area contributed by atoms with Crippen LogP contribution in [0.15, 0.2) is 48.5 Å². The second-order valence-electron chi connectivity index (χ2n) is 7.78. The fourth-order valence-corrected chi connectivity index (χ4v) is 3.80. The molecule has 2 aromatic carbocycles. The van der Waals surface area contributed by atoms with Crippen molar-refractivity contribution in [1.29, 1.82) is 0 Å². The van der Waals surface area contributed by atoms with E-state index in [0.717, 1.165) is 18.5 Å². The molecule has 1 saturated heterocycles. The van der Waals surface area contributed by atoms with Crippen LogP contribution in [0.2, 0.25) is 0 Å². The third kappa shape index (κ3) is 4.84. The molecule has 2 aliphatic heterocycles. The Morgan fingerprint density at radius 1 is 1.13 bits per heavy atom. The molecule has 2 N–H and O–H groups in total. The van der Waals surface area contributed by atoms with Crippen LogP contribution < -0.4 is 25.0 Å². The fourth-order valence-electron chi connectivity index (χ4n) is 3.80. The van der Waals surface area contributed by atoms with Gasteiger partial charge in [-0.15, -0.1) is 0 Å². The number of nitrogens with one attached hydrogen (secondary N) is 2. The van der Waals surface area contributed by atoms with Crippen molar-refractivity contribution >= 4 is 17.6 Å². The molecule has 0 saturated carbocycles. The van der Waals surface area contributed by atoms with Crippen molar-refractivity contribution in [2.75, 3.05) is 24.7 Å². The maximum absolute atomic E-state index is 12.5. The molecule has 2 heterocycles. The Kier molecular flexibility index (Phi) is 6.07. The third-order valence-corrected chi connectivity index (χ3v) is 5.38. The normalized spacial score (nSPS) is 18.8. The van der Waals surface area contributed by atoms with Gasteiger partial charge in [-0.3, -0.25) is 4.79 Å². The number of hydrogen-bond acceptors (Lipinski definition) is 4. The lowest BCUT2D eigenvalue weighted by Crippen LogP contribution is -2.46. The van der Waals surface area contributed by atoms with Crippen LogP contribution in [0.4, 0.5) is 10.5 Å². The van der Waals surface area contributed by atoms with E-state index < -0.39 is 0 Å². The number of amides is 3. The highest BCUT2D eigenvalue weighted by molar-refractivity contribution is 5.97. The number of nitrogens with zero attached hydrogens (tertiary/aromatic N) is 1. The molecule has 3 amide bonds. The van der Waals surface area contributed by atoms with Crippen LogP contribution >= 0.6 is 0 Å². The van der Waals surface area contributed by atoms with Gasteiger partial charge in [0, 0.05) is 30.8 Å². The molecule has 7 nitrogen and oxygen atoms in total. The molecule has 2 aromatic rings. The van der Waals surface area contributed by atoms with Gasteiger partial charge in [-0.25, -0.2) is 4.79 Å². The number of carbonyl (C=O) groups excluding carboxylic acids is 2. The molecule has 1 fully saturated rings. The summed E-state index contributed by atoms with van der Waals surface area (Å²) in [5.41, 5.74) is 2.01. The highest BCUT2D eigenvalue weighted by Crippen LogP contribution is 2.35. The van der Waals surface area contributed by atoms with Crippen LogP contribution in [0, 0.1) is 0 Å². The number of fused-ring (bicyclic) bond motifs is 1. The first kappa shape index (κ1) is 20.1. The maximum atomic E-state index is 12.5. The topological polar surface area (TPSA) is 79.9 Å². The molecule has 2 aliphatic rings. The standard InChI is InChI=1S/C23H27N3O4/c1-16(7-8-17-5-3-2-4-6-17)24-23(28)25-18-13-22(27)26(15-18)19-9-10-20-21(14-19)30-12-11-29-20/h2-6,9-10,14,16,18H,7-8,11-13,15H2,1H3,(H2,24,25,28)/t16-,18+/m0/s1. The van der Waals surface area contributed by atoms with E-state index in [2.05, 4.69) is 22.8 Å². The Bertz CT molecular complexity index is 903. The molecular formula is C23H27N3O4. The van der Waals surface area contributed by atoms with Gasteiger partial charge in [-0.1, -0.05) is 30.3 Å². The number of benzene rings is 2. The van der Waals surface area contributed by atoms with Gasteiger partial charge in [-0.05, 0) is 37.5 Å². The lowest BCUT2D eigenvalue weighted by Gasteiger charge is -2.22. The predicted octanol–water partition coefficient (Wildman–Crippen LogP) is 2.88. The van der Waals surface area contributed by atoms with Gasteiger partial charge in [0.05, 0.1) is 6.04 Å². The minimum absolute atomic E-state index is 0.0193. The van der Waals surface area contributed by atoms with Crippen molar-refractivity contribution < 1.29 is 19.1 Å². The zero-order valence-corrected chi connectivity index (χ0v) is 17.1. The summed E-state index contributed by atoms with van der Waals surface area (Å²) >= 11 is 0. The summed E-state index contributed by atoms with van der Waals surface area (Å²) < 4.78 is 11.1. The molecule has 0 aromatic heterocycles. The first-order chi connectivity index (χ1) is 14.6. The summed E-state index contributed by atoms with van der Waals surface area (Å²) in [6, 6.07) is 15.3. The zero-order chi connectivity index (χ0) is 20.9. The van der Waals surface area contributed by atoms with Gasteiger partial charge in [0.1, 0.15) is 13.2 Å². The number of aryl methyl sites for hydroxylation is 1. The highest BCUT2D eigenvalue weighted by atomic mass is 16.6. The fraction of sp³-hybridized carbons (Fsp3) is 0.391. The summed E-state index contributed by atoms with van der Waals surface area (Å²) in [5.74, 6) is 1.32. The monoisotopic (exact) mass is 409 g/mol. The molecular weight excluding hydrogens is 382 g/mol. The minimum atomic E-state index is -0.239. The second kappa shape index (κ2) is 9.07. The second-order valence-corrected chi connectivity index (χ2v) is 7.78. The smallest absolute Gasteiger partial charge is 0.315 e. The molecule has 158 valence electrons. The van der Waals surface area contributed by atoms with Crippen LogP contribution in [0.25, 0.3) is 0 Å². The van der Waals surface area contributed by atoms with E-state index >= 15 is 0 Å². The summed E-state index contributed by atoms with van der Waals surface area (Å²) in [6.07, 6.45) is 2.03. The van der Waals surface area contributed by atoms with E-state index in [-0.39, 0.29) is 30.4 Å².